The molecule has 132 valence electrons. The third kappa shape index (κ3) is 3.11. The molecule has 1 aromatic carbocycles. The molecule has 0 spiro atoms. The fourth-order valence-electron chi connectivity index (χ4n) is 3.30. The zero-order valence-electron chi connectivity index (χ0n) is 13.5. The lowest BCUT2D eigenvalue weighted by Gasteiger charge is -2.25. The number of aliphatic hydroxyl groups is 1. The van der Waals surface area contributed by atoms with Gasteiger partial charge in [-0.15, -0.1) is 0 Å². The van der Waals surface area contributed by atoms with Gasteiger partial charge in [0, 0.05) is 38.3 Å². The average Bonchev–Trinajstić information content (AvgIpc) is 3.16. The number of nitrogens with zero attached hydrogens (tertiary/aromatic N) is 3. The zero-order chi connectivity index (χ0) is 17.5. The van der Waals surface area contributed by atoms with Crippen molar-refractivity contribution in [2.45, 2.75) is 36.7 Å². The number of hydrogen-bond acceptors (Lipinski definition) is 6. The summed E-state index contributed by atoms with van der Waals surface area (Å²) in [4.78, 5) is 12.2. The normalized spacial score (nSPS) is 25.3. The number of sulfonamides is 1. The van der Waals surface area contributed by atoms with Crippen LogP contribution in [0.2, 0.25) is 0 Å². The molecule has 1 aromatic rings. The summed E-state index contributed by atoms with van der Waals surface area (Å²) in [7, 11) is -3.79. The topological polar surface area (TPSA) is 104 Å². The van der Waals surface area contributed by atoms with Crippen LogP contribution in [0.25, 0.3) is 0 Å². The van der Waals surface area contributed by atoms with Crippen LogP contribution >= 0.6 is 0 Å². The second-order valence-corrected chi connectivity index (χ2v) is 8.60. The van der Waals surface area contributed by atoms with E-state index in [0.717, 1.165) is 18.9 Å². The minimum atomic E-state index is -3.79. The summed E-state index contributed by atoms with van der Waals surface area (Å²) in [5.74, 6) is 0. The Morgan fingerprint density at radius 3 is 2.46 bits per heavy atom. The van der Waals surface area contributed by atoms with Gasteiger partial charge in [0.05, 0.1) is 16.2 Å². The first kappa shape index (κ1) is 17.1. The van der Waals surface area contributed by atoms with Crippen molar-refractivity contribution in [3.8, 4) is 0 Å². The van der Waals surface area contributed by atoms with Crippen molar-refractivity contribution in [2.24, 2.45) is 0 Å². The van der Waals surface area contributed by atoms with Gasteiger partial charge >= 0.3 is 0 Å². The Hall–Kier alpha value is -1.71. The predicted octanol–water partition coefficient (Wildman–Crippen LogP) is 1.34. The largest absolute Gasteiger partial charge is 0.388 e. The van der Waals surface area contributed by atoms with Gasteiger partial charge in [-0.25, -0.2) is 8.42 Å². The summed E-state index contributed by atoms with van der Waals surface area (Å²) in [6, 6.07) is 3.92. The van der Waals surface area contributed by atoms with E-state index in [0.29, 0.717) is 38.3 Å². The molecule has 1 unspecified atom stereocenters. The van der Waals surface area contributed by atoms with Crippen LogP contribution in [0, 0.1) is 10.1 Å². The molecule has 24 heavy (non-hydrogen) atoms. The molecule has 2 heterocycles. The van der Waals surface area contributed by atoms with E-state index < -0.39 is 20.5 Å². The molecule has 2 aliphatic rings. The first-order valence-corrected chi connectivity index (χ1v) is 9.41. The maximum atomic E-state index is 13.0. The second kappa shape index (κ2) is 5.98. The highest BCUT2D eigenvalue weighted by Crippen LogP contribution is 2.36. The van der Waals surface area contributed by atoms with Crippen LogP contribution in [0.3, 0.4) is 0 Å². The molecule has 0 amide bonds. The Morgan fingerprint density at radius 2 is 1.92 bits per heavy atom. The lowest BCUT2D eigenvalue weighted by atomic mass is 10.1. The average molecular weight is 355 g/mol. The fourth-order valence-corrected chi connectivity index (χ4v) is 5.05. The van der Waals surface area contributed by atoms with Gasteiger partial charge in [-0.1, -0.05) is 0 Å². The third-order valence-electron chi connectivity index (χ3n) is 4.63. The molecule has 3 rings (SSSR count). The number of rotatable bonds is 4. The summed E-state index contributed by atoms with van der Waals surface area (Å²) in [5.41, 5.74) is -0.719. The van der Waals surface area contributed by atoms with Crippen molar-refractivity contribution in [1.82, 2.24) is 4.31 Å². The molecule has 0 aliphatic carbocycles. The molecule has 8 nitrogen and oxygen atoms in total. The van der Waals surface area contributed by atoms with Crippen molar-refractivity contribution < 1.29 is 18.4 Å². The van der Waals surface area contributed by atoms with Crippen molar-refractivity contribution in [3.63, 3.8) is 0 Å². The third-order valence-corrected chi connectivity index (χ3v) is 6.56. The quantitative estimate of drug-likeness (QED) is 0.646. The Morgan fingerprint density at radius 1 is 1.25 bits per heavy atom. The Balaban J connectivity index is 2.07. The van der Waals surface area contributed by atoms with Gasteiger partial charge in [0.1, 0.15) is 4.90 Å². The Kier molecular flexibility index (Phi) is 4.27. The molecule has 2 saturated heterocycles. The van der Waals surface area contributed by atoms with E-state index in [2.05, 4.69) is 0 Å². The van der Waals surface area contributed by atoms with Gasteiger partial charge in [0.2, 0.25) is 10.0 Å². The zero-order valence-corrected chi connectivity index (χ0v) is 14.3. The highest BCUT2D eigenvalue weighted by atomic mass is 32.2. The van der Waals surface area contributed by atoms with E-state index in [1.165, 1.54) is 16.4 Å². The maximum absolute atomic E-state index is 13.0. The highest BCUT2D eigenvalue weighted by Gasteiger charge is 2.37. The van der Waals surface area contributed by atoms with Crippen LogP contribution < -0.4 is 4.90 Å². The molecule has 2 aliphatic heterocycles. The maximum Gasteiger partial charge on any atom is 0.270 e. The molecule has 0 radical (unpaired) electrons. The summed E-state index contributed by atoms with van der Waals surface area (Å²) >= 11 is 0. The van der Waals surface area contributed by atoms with Crippen molar-refractivity contribution in [3.05, 3.63) is 28.3 Å². The minimum absolute atomic E-state index is 0.0451. The van der Waals surface area contributed by atoms with E-state index >= 15 is 0 Å². The number of benzene rings is 1. The molecule has 2 fully saturated rings. The number of anilines is 1. The molecule has 0 saturated carbocycles. The van der Waals surface area contributed by atoms with Gasteiger partial charge in [0.15, 0.2) is 0 Å². The van der Waals surface area contributed by atoms with Crippen LogP contribution in [-0.2, 0) is 10.0 Å². The molecule has 0 aromatic heterocycles. The Labute approximate surface area is 140 Å². The van der Waals surface area contributed by atoms with Gasteiger partial charge in [-0.3, -0.25) is 10.1 Å². The Bertz CT molecular complexity index is 756. The molecule has 0 bridgehead atoms. The highest BCUT2D eigenvalue weighted by molar-refractivity contribution is 7.89. The minimum Gasteiger partial charge on any atom is -0.388 e. The first-order chi connectivity index (χ1) is 11.2. The van der Waals surface area contributed by atoms with Crippen LogP contribution in [-0.4, -0.2) is 54.5 Å². The molecule has 9 heteroatoms. The second-order valence-electron chi connectivity index (χ2n) is 6.69. The fraction of sp³-hybridized carbons (Fsp3) is 0.600. The van der Waals surface area contributed by atoms with Crippen LogP contribution in [0.5, 0.6) is 0 Å². The number of β-amino-alcohol motifs (C(OH)–C–C–N with tert-alkyl or cyclic N) is 1. The molecule has 1 atom stereocenters. The van der Waals surface area contributed by atoms with Gasteiger partial charge in [-0.2, -0.15) is 4.31 Å². The summed E-state index contributed by atoms with van der Waals surface area (Å²) in [6.45, 7) is 3.37. The van der Waals surface area contributed by atoms with Gasteiger partial charge in [-0.05, 0) is 32.3 Å². The molecular weight excluding hydrogens is 334 g/mol. The monoisotopic (exact) mass is 355 g/mol. The lowest BCUT2D eigenvalue weighted by Crippen LogP contribution is -2.32. The smallest absolute Gasteiger partial charge is 0.270 e. The summed E-state index contributed by atoms with van der Waals surface area (Å²) < 4.78 is 27.3. The first-order valence-electron chi connectivity index (χ1n) is 7.97. The predicted molar refractivity (Wildman–Crippen MR) is 88.5 cm³/mol. The number of nitro benzene ring substituents is 1. The number of non-ortho nitro benzene ring substituents is 1. The van der Waals surface area contributed by atoms with E-state index in [9.17, 15) is 23.6 Å². The van der Waals surface area contributed by atoms with Crippen LogP contribution in [0.15, 0.2) is 23.1 Å². The van der Waals surface area contributed by atoms with Crippen LogP contribution in [0.4, 0.5) is 11.4 Å². The molecule has 1 N–H and O–H groups in total. The van der Waals surface area contributed by atoms with Crippen molar-refractivity contribution in [1.29, 1.82) is 0 Å². The van der Waals surface area contributed by atoms with E-state index in [1.54, 1.807) is 11.8 Å². The molecular formula is C15H21N3O5S. The van der Waals surface area contributed by atoms with Gasteiger partial charge < -0.3 is 10.0 Å². The van der Waals surface area contributed by atoms with E-state index in [-0.39, 0.29) is 10.6 Å². The van der Waals surface area contributed by atoms with E-state index in [1.807, 2.05) is 0 Å². The van der Waals surface area contributed by atoms with Crippen molar-refractivity contribution in [2.75, 3.05) is 31.1 Å². The summed E-state index contributed by atoms with van der Waals surface area (Å²) in [5, 5.41) is 21.2. The van der Waals surface area contributed by atoms with Crippen molar-refractivity contribution >= 4 is 21.4 Å². The number of nitro groups is 1. The summed E-state index contributed by atoms with van der Waals surface area (Å²) in [6.07, 6.45) is 2.11. The van der Waals surface area contributed by atoms with Crippen LogP contribution in [0.1, 0.15) is 26.2 Å². The number of hydrogen-bond donors (Lipinski definition) is 1. The van der Waals surface area contributed by atoms with Gasteiger partial charge in [0.25, 0.3) is 5.69 Å². The SMILES string of the molecule is CC1(O)CCN(c2ccc([N+](=O)[O-])cc2S(=O)(=O)N2CCCC2)C1. The van der Waals surface area contributed by atoms with E-state index in [4.69, 9.17) is 0 Å². The lowest BCUT2D eigenvalue weighted by molar-refractivity contribution is -0.385. The standard InChI is InChI=1S/C15H21N3O5S/c1-15(19)6-9-16(11-15)13-5-4-12(18(20)21)10-14(13)24(22,23)17-7-2-3-8-17/h4-5,10,19H,2-3,6-9,11H2,1H3.